The second-order valence-corrected chi connectivity index (χ2v) is 5.26. The van der Waals surface area contributed by atoms with Gasteiger partial charge in [-0.1, -0.05) is 4.49 Å². The smallest absolute Gasteiger partial charge is 0.340 e. The van der Waals surface area contributed by atoms with Crippen LogP contribution >= 0.6 is 11.5 Å². The highest BCUT2D eigenvalue weighted by atomic mass is 32.1. The molecule has 7 heteroatoms. The minimum absolute atomic E-state index is 0.115. The van der Waals surface area contributed by atoms with Crippen LogP contribution in [-0.4, -0.2) is 20.5 Å². The molecule has 0 bridgehead atoms. The van der Waals surface area contributed by atoms with E-state index in [0.29, 0.717) is 10.9 Å². The second kappa shape index (κ2) is 5.53. The van der Waals surface area contributed by atoms with E-state index < -0.39 is 5.97 Å². The maximum absolute atomic E-state index is 13.2. The van der Waals surface area contributed by atoms with Crippen LogP contribution in [0, 0.1) is 12.7 Å². The molecule has 0 saturated carbocycles. The first-order chi connectivity index (χ1) is 10.1. The molecular weight excluding hydrogens is 293 g/mol. The third-order valence-corrected chi connectivity index (χ3v) is 3.76. The number of pyridine rings is 1. The molecule has 0 aliphatic carbocycles. The molecule has 106 valence electrons. The Bertz CT molecular complexity index is 819. The van der Waals surface area contributed by atoms with Gasteiger partial charge in [0.25, 0.3) is 0 Å². The van der Waals surface area contributed by atoms with E-state index in [9.17, 15) is 9.18 Å². The van der Waals surface area contributed by atoms with Crippen LogP contribution in [-0.2, 0) is 11.3 Å². The molecule has 5 nitrogen and oxygen atoms in total. The number of carbonyl (C=O) groups is 1. The van der Waals surface area contributed by atoms with Crippen LogP contribution in [0.1, 0.15) is 20.9 Å². The largest absolute Gasteiger partial charge is 0.456 e. The fraction of sp³-hybridized carbons (Fsp3) is 0.143. The van der Waals surface area contributed by atoms with Crippen molar-refractivity contribution in [1.29, 1.82) is 0 Å². The van der Waals surface area contributed by atoms with Gasteiger partial charge in [0, 0.05) is 11.6 Å². The fourth-order valence-corrected chi connectivity index (χ4v) is 2.36. The predicted octanol–water partition coefficient (Wildman–Crippen LogP) is 2.89. The summed E-state index contributed by atoms with van der Waals surface area (Å²) in [5.74, 6) is -0.886. The lowest BCUT2D eigenvalue weighted by atomic mass is 10.1. The molecule has 2 heterocycles. The normalized spacial score (nSPS) is 10.8. The van der Waals surface area contributed by atoms with E-state index in [2.05, 4.69) is 14.6 Å². The van der Waals surface area contributed by atoms with Gasteiger partial charge in [0.1, 0.15) is 12.4 Å². The lowest BCUT2D eigenvalue weighted by molar-refractivity contribution is 0.0476. The number of nitrogens with zero attached hydrogens (tertiary/aromatic N) is 3. The van der Waals surface area contributed by atoms with Gasteiger partial charge in [0.15, 0.2) is 0 Å². The van der Waals surface area contributed by atoms with Gasteiger partial charge in [-0.15, -0.1) is 5.10 Å². The number of benzene rings is 1. The molecule has 0 unspecified atom stereocenters. The number of rotatable bonds is 3. The summed E-state index contributed by atoms with van der Waals surface area (Å²) in [6.45, 7) is 1.91. The zero-order chi connectivity index (χ0) is 14.8. The first-order valence-corrected chi connectivity index (χ1v) is 6.91. The highest BCUT2D eigenvalue weighted by molar-refractivity contribution is 7.05. The van der Waals surface area contributed by atoms with Crippen molar-refractivity contribution < 1.29 is 13.9 Å². The van der Waals surface area contributed by atoms with Crippen LogP contribution in [0.2, 0.25) is 0 Å². The summed E-state index contributed by atoms with van der Waals surface area (Å²) in [6.07, 6.45) is 1.42. The minimum atomic E-state index is -0.513. The van der Waals surface area contributed by atoms with E-state index >= 15 is 0 Å². The van der Waals surface area contributed by atoms with E-state index in [1.54, 1.807) is 19.1 Å². The van der Waals surface area contributed by atoms with Crippen LogP contribution in [0.5, 0.6) is 0 Å². The van der Waals surface area contributed by atoms with Crippen LogP contribution in [0.15, 0.2) is 30.5 Å². The van der Waals surface area contributed by atoms with E-state index in [-0.39, 0.29) is 18.0 Å². The minimum Gasteiger partial charge on any atom is -0.456 e. The Morgan fingerprint density at radius 3 is 3.00 bits per heavy atom. The molecule has 0 amide bonds. The van der Waals surface area contributed by atoms with Crippen LogP contribution in [0.4, 0.5) is 4.39 Å². The van der Waals surface area contributed by atoms with E-state index in [0.717, 1.165) is 10.6 Å². The van der Waals surface area contributed by atoms with E-state index in [1.807, 2.05) is 0 Å². The molecule has 0 saturated heterocycles. The highest BCUT2D eigenvalue weighted by Gasteiger charge is 2.11. The Morgan fingerprint density at radius 1 is 1.38 bits per heavy atom. The zero-order valence-electron chi connectivity index (χ0n) is 11.0. The third-order valence-electron chi connectivity index (χ3n) is 2.96. The average Bonchev–Trinajstić information content (AvgIpc) is 2.89. The molecular formula is C14H10FN3O2S. The Kier molecular flexibility index (Phi) is 3.57. The Balaban J connectivity index is 1.79. The number of carbonyl (C=O) groups excluding carboxylic acids is 1. The number of fused-ring (bicyclic) bond motifs is 1. The van der Waals surface area contributed by atoms with Gasteiger partial charge >= 0.3 is 5.97 Å². The van der Waals surface area contributed by atoms with E-state index in [1.165, 1.54) is 29.9 Å². The van der Waals surface area contributed by atoms with Crippen molar-refractivity contribution in [1.82, 2.24) is 14.6 Å². The molecule has 0 aliphatic heterocycles. The van der Waals surface area contributed by atoms with Gasteiger partial charge in [-0.2, -0.15) is 0 Å². The van der Waals surface area contributed by atoms with Gasteiger partial charge in [-0.3, -0.25) is 4.98 Å². The topological polar surface area (TPSA) is 65.0 Å². The fourth-order valence-electron chi connectivity index (χ4n) is 1.81. The second-order valence-electron chi connectivity index (χ2n) is 4.42. The van der Waals surface area contributed by atoms with Crippen molar-refractivity contribution in [3.05, 3.63) is 52.4 Å². The number of esters is 1. The average molecular weight is 303 g/mol. The molecule has 3 aromatic rings. The van der Waals surface area contributed by atoms with Gasteiger partial charge in [0.2, 0.25) is 0 Å². The molecule has 21 heavy (non-hydrogen) atoms. The van der Waals surface area contributed by atoms with Gasteiger partial charge in [0.05, 0.1) is 21.7 Å². The Hall–Kier alpha value is -2.41. The summed E-state index contributed by atoms with van der Waals surface area (Å²) in [5.41, 5.74) is 1.64. The van der Waals surface area contributed by atoms with Crippen LogP contribution in [0.25, 0.3) is 10.9 Å². The lowest BCUT2D eigenvalue weighted by Gasteiger charge is -2.04. The maximum Gasteiger partial charge on any atom is 0.340 e. The maximum atomic E-state index is 13.2. The first-order valence-electron chi connectivity index (χ1n) is 6.14. The third kappa shape index (κ3) is 2.87. The quantitative estimate of drug-likeness (QED) is 0.696. The number of hydrogen-bond acceptors (Lipinski definition) is 6. The molecule has 0 fully saturated rings. The number of ether oxygens (including phenoxy) is 1. The van der Waals surface area contributed by atoms with Crippen molar-refractivity contribution >= 4 is 28.4 Å². The summed E-state index contributed by atoms with van der Waals surface area (Å²) < 4.78 is 22.2. The predicted molar refractivity (Wildman–Crippen MR) is 75.5 cm³/mol. The van der Waals surface area contributed by atoms with Crippen LogP contribution < -0.4 is 0 Å². The van der Waals surface area contributed by atoms with Gasteiger partial charge in [-0.25, -0.2) is 9.18 Å². The molecule has 0 aliphatic rings. The lowest BCUT2D eigenvalue weighted by Crippen LogP contribution is -2.05. The SMILES string of the molecule is Cc1nnsc1COC(=O)c1cnc2ccc(F)cc2c1. The summed E-state index contributed by atoms with van der Waals surface area (Å²) >= 11 is 1.19. The zero-order valence-corrected chi connectivity index (χ0v) is 11.9. The first kappa shape index (κ1) is 13.6. The molecule has 0 spiro atoms. The highest BCUT2D eigenvalue weighted by Crippen LogP contribution is 2.17. The van der Waals surface area contributed by atoms with Crippen molar-refractivity contribution in [2.45, 2.75) is 13.5 Å². The van der Waals surface area contributed by atoms with Crippen LogP contribution in [0.3, 0.4) is 0 Å². The molecule has 0 radical (unpaired) electrons. The molecule has 0 N–H and O–H groups in total. The molecule has 3 rings (SSSR count). The summed E-state index contributed by atoms with van der Waals surface area (Å²) in [5, 5.41) is 4.40. The molecule has 2 aromatic heterocycles. The van der Waals surface area contributed by atoms with Gasteiger partial charge < -0.3 is 4.74 Å². The van der Waals surface area contributed by atoms with E-state index in [4.69, 9.17) is 4.74 Å². The Labute approximate surface area is 123 Å². The number of aryl methyl sites for hydroxylation is 1. The van der Waals surface area contributed by atoms with Crippen molar-refractivity contribution in [3.8, 4) is 0 Å². The standard InChI is InChI=1S/C14H10FN3O2S/c1-8-13(21-18-17-8)7-20-14(19)10-4-9-5-11(15)2-3-12(9)16-6-10/h2-6H,7H2,1H3. The number of aromatic nitrogens is 3. The number of hydrogen-bond donors (Lipinski definition) is 0. The number of halogens is 1. The Morgan fingerprint density at radius 2 is 2.24 bits per heavy atom. The molecule has 0 atom stereocenters. The molecule has 1 aromatic carbocycles. The summed E-state index contributed by atoms with van der Waals surface area (Å²) in [4.78, 5) is 16.9. The van der Waals surface area contributed by atoms with Gasteiger partial charge in [-0.05, 0) is 42.7 Å². The van der Waals surface area contributed by atoms with Crippen molar-refractivity contribution in [2.75, 3.05) is 0 Å². The van der Waals surface area contributed by atoms with Crippen molar-refractivity contribution in [2.24, 2.45) is 0 Å². The van der Waals surface area contributed by atoms with Crippen molar-refractivity contribution in [3.63, 3.8) is 0 Å². The summed E-state index contributed by atoms with van der Waals surface area (Å²) in [7, 11) is 0. The monoisotopic (exact) mass is 303 g/mol. The summed E-state index contributed by atoms with van der Waals surface area (Å²) in [6, 6.07) is 5.78.